The van der Waals surface area contributed by atoms with Gasteiger partial charge in [0.25, 0.3) is 0 Å². The molecular weight excluding hydrogens is 317 g/mol. The van der Waals surface area contributed by atoms with Gasteiger partial charge < -0.3 is 0 Å². The maximum atomic E-state index is 13.1. The van der Waals surface area contributed by atoms with Crippen molar-refractivity contribution >= 4 is 0 Å². The molecule has 3 heterocycles. The van der Waals surface area contributed by atoms with Gasteiger partial charge in [0.2, 0.25) is 0 Å². The van der Waals surface area contributed by atoms with Crippen LogP contribution in [0.4, 0.5) is 13.2 Å². The molecule has 24 heavy (non-hydrogen) atoms. The summed E-state index contributed by atoms with van der Waals surface area (Å²) in [7, 11) is 0. The van der Waals surface area contributed by atoms with Gasteiger partial charge in [-0.2, -0.15) is 13.2 Å². The predicted molar refractivity (Wildman–Crippen MR) is 83.0 cm³/mol. The lowest BCUT2D eigenvalue weighted by atomic mass is 9.97. The van der Waals surface area contributed by atoms with E-state index < -0.39 is 17.4 Å². The first kappa shape index (κ1) is 16.8. The summed E-state index contributed by atoms with van der Waals surface area (Å²) < 4.78 is 39.3. The van der Waals surface area contributed by atoms with Crippen molar-refractivity contribution in [3.8, 4) is 0 Å². The smallest absolute Gasteiger partial charge is 0.285 e. The number of nitrogens with zero attached hydrogens (tertiary/aromatic N) is 4. The van der Waals surface area contributed by atoms with Crippen LogP contribution in [0.1, 0.15) is 42.7 Å². The van der Waals surface area contributed by atoms with Crippen molar-refractivity contribution < 1.29 is 13.2 Å². The summed E-state index contributed by atoms with van der Waals surface area (Å²) in [6.45, 7) is 4.83. The fraction of sp³-hybridized carbons (Fsp3) is 0.471. The summed E-state index contributed by atoms with van der Waals surface area (Å²) in [6.07, 6.45) is -1.14. The van der Waals surface area contributed by atoms with E-state index in [9.17, 15) is 13.2 Å². The number of aromatic nitrogens is 3. The monoisotopic (exact) mass is 336 g/mol. The average Bonchev–Trinajstić information content (AvgIpc) is 2.89. The fourth-order valence-electron chi connectivity index (χ4n) is 3.17. The second-order valence-electron chi connectivity index (χ2n) is 6.34. The zero-order chi connectivity index (χ0) is 17.4. The van der Waals surface area contributed by atoms with Gasteiger partial charge in [0.05, 0.1) is 11.2 Å². The van der Waals surface area contributed by atoms with Crippen molar-refractivity contribution in [1.82, 2.24) is 19.9 Å². The number of pyridine rings is 1. The molecule has 1 aliphatic heterocycles. The standard InChI is InChI=1S/C17H19F3N4/c1-12-10-14(17(18,19)20)23-15(22-12)16(2)7-5-9-24(16)11-13-6-3-4-8-21-13/h3-4,6,8,10H,5,7,9,11H2,1-2H3. The lowest BCUT2D eigenvalue weighted by Crippen LogP contribution is -2.40. The minimum atomic E-state index is -4.47. The molecule has 0 aromatic carbocycles. The maximum absolute atomic E-state index is 13.1. The van der Waals surface area contributed by atoms with Crippen molar-refractivity contribution in [2.75, 3.05) is 6.54 Å². The zero-order valence-corrected chi connectivity index (χ0v) is 13.6. The molecule has 1 saturated heterocycles. The molecule has 3 rings (SSSR count). The van der Waals surface area contributed by atoms with Crippen LogP contribution in [0, 0.1) is 6.92 Å². The molecule has 1 unspecified atom stereocenters. The number of alkyl halides is 3. The van der Waals surface area contributed by atoms with E-state index in [2.05, 4.69) is 19.9 Å². The Labute approximate surface area is 138 Å². The molecule has 0 N–H and O–H groups in total. The number of hydrogen-bond acceptors (Lipinski definition) is 4. The van der Waals surface area contributed by atoms with Crippen molar-refractivity contribution in [1.29, 1.82) is 0 Å². The van der Waals surface area contributed by atoms with Crippen LogP contribution in [-0.4, -0.2) is 26.4 Å². The molecule has 0 amide bonds. The maximum Gasteiger partial charge on any atom is 0.433 e. The van der Waals surface area contributed by atoms with Crippen molar-refractivity contribution in [2.24, 2.45) is 0 Å². The molecule has 1 fully saturated rings. The Hall–Kier alpha value is -2.02. The molecule has 0 aliphatic carbocycles. The third kappa shape index (κ3) is 3.26. The van der Waals surface area contributed by atoms with Gasteiger partial charge in [-0.1, -0.05) is 6.07 Å². The van der Waals surface area contributed by atoms with Crippen molar-refractivity contribution in [3.05, 3.63) is 53.4 Å². The third-order valence-corrected chi connectivity index (χ3v) is 4.49. The van der Waals surface area contributed by atoms with Crippen LogP contribution in [0.3, 0.4) is 0 Å². The molecule has 0 saturated carbocycles. The van der Waals surface area contributed by atoms with E-state index in [0.717, 1.165) is 31.1 Å². The summed E-state index contributed by atoms with van der Waals surface area (Å²) >= 11 is 0. The van der Waals surface area contributed by atoms with Gasteiger partial charge in [0.1, 0.15) is 11.5 Å². The Morgan fingerprint density at radius 2 is 2.04 bits per heavy atom. The normalized spacial score (nSPS) is 22.0. The molecule has 0 bridgehead atoms. The van der Waals surface area contributed by atoms with Crippen LogP contribution in [-0.2, 0) is 18.3 Å². The Balaban J connectivity index is 1.95. The van der Waals surface area contributed by atoms with E-state index in [1.807, 2.05) is 25.1 Å². The number of likely N-dealkylation sites (tertiary alicyclic amines) is 1. The molecule has 1 atom stereocenters. The van der Waals surface area contributed by atoms with Crippen molar-refractivity contribution in [2.45, 2.75) is 44.9 Å². The first-order valence-corrected chi connectivity index (χ1v) is 7.87. The Morgan fingerprint density at radius 1 is 1.25 bits per heavy atom. The zero-order valence-electron chi connectivity index (χ0n) is 13.6. The lowest BCUT2D eigenvalue weighted by Gasteiger charge is -2.34. The van der Waals surface area contributed by atoms with E-state index in [4.69, 9.17) is 0 Å². The number of hydrogen-bond donors (Lipinski definition) is 0. The van der Waals surface area contributed by atoms with E-state index in [-0.39, 0.29) is 5.82 Å². The summed E-state index contributed by atoms with van der Waals surface area (Å²) in [4.78, 5) is 14.6. The summed E-state index contributed by atoms with van der Waals surface area (Å²) in [5.74, 6) is 0.239. The second kappa shape index (κ2) is 6.12. The first-order valence-electron chi connectivity index (χ1n) is 7.87. The SMILES string of the molecule is Cc1cc(C(F)(F)F)nc(C2(C)CCCN2Cc2ccccn2)n1. The Kier molecular flexibility index (Phi) is 4.29. The lowest BCUT2D eigenvalue weighted by molar-refractivity contribution is -0.141. The topological polar surface area (TPSA) is 41.9 Å². The fourth-order valence-corrected chi connectivity index (χ4v) is 3.17. The van der Waals surface area contributed by atoms with Crippen LogP contribution < -0.4 is 0 Å². The molecule has 0 radical (unpaired) electrons. The highest BCUT2D eigenvalue weighted by Gasteiger charge is 2.42. The quantitative estimate of drug-likeness (QED) is 0.857. The van der Waals surface area contributed by atoms with E-state index in [0.29, 0.717) is 12.2 Å². The molecule has 0 spiro atoms. The van der Waals surface area contributed by atoms with Gasteiger partial charge in [-0.25, -0.2) is 9.97 Å². The number of aryl methyl sites for hydroxylation is 1. The molecule has 2 aromatic rings. The molecule has 1 aliphatic rings. The number of halogens is 3. The highest BCUT2D eigenvalue weighted by molar-refractivity contribution is 5.19. The minimum Gasteiger partial charge on any atom is -0.285 e. The van der Waals surface area contributed by atoms with Gasteiger partial charge in [0.15, 0.2) is 0 Å². The van der Waals surface area contributed by atoms with Gasteiger partial charge in [-0.3, -0.25) is 9.88 Å². The van der Waals surface area contributed by atoms with Crippen LogP contribution in [0.15, 0.2) is 30.5 Å². The van der Waals surface area contributed by atoms with E-state index >= 15 is 0 Å². The van der Waals surface area contributed by atoms with Crippen molar-refractivity contribution in [3.63, 3.8) is 0 Å². The largest absolute Gasteiger partial charge is 0.433 e. The van der Waals surface area contributed by atoms with Gasteiger partial charge in [-0.05, 0) is 51.4 Å². The predicted octanol–water partition coefficient (Wildman–Crippen LogP) is 3.71. The van der Waals surface area contributed by atoms with E-state index in [1.165, 1.54) is 0 Å². The molecule has 7 heteroatoms. The molecule has 128 valence electrons. The summed E-state index contributed by atoms with van der Waals surface area (Å²) in [5.41, 5.74) is -0.285. The summed E-state index contributed by atoms with van der Waals surface area (Å²) in [5, 5.41) is 0. The highest BCUT2D eigenvalue weighted by Crippen LogP contribution is 2.39. The number of rotatable bonds is 3. The van der Waals surface area contributed by atoms with Gasteiger partial charge >= 0.3 is 6.18 Å². The van der Waals surface area contributed by atoms with Gasteiger partial charge in [0, 0.05) is 18.4 Å². The highest BCUT2D eigenvalue weighted by atomic mass is 19.4. The second-order valence-corrected chi connectivity index (χ2v) is 6.34. The van der Waals surface area contributed by atoms with Crippen LogP contribution >= 0.6 is 0 Å². The molecule has 4 nitrogen and oxygen atoms in total. The minimum absolute atomic E-state index is 0.239. The van der Waals surface area contributed by atoms with E-state index in [1.54, 1.807) is 13.1 Å². The first-order chi connectivity index (χ1) is 11.3. The van der Waals surface area contributed by atoms with Crippen LogP contribution in [0.2, 0.25) is 0 Å². The molecular formula is C17H19F3N4. The Morgan fingerprint density at radius 3 is 2.71 bits per heavy atom. The van der Waals surface area contributed by atoms with Gasteiger partial charge in [-0.15, -0.1) is 0 Å². The average molecular weight is 336 g/mol. The Bertz CT molecular complexity index is 718. The molecule has 2 aromatic heterocycles. The third-order valence-electron chi connectivity index (χ3n) is 4.49. The summed E-state index contributed by atoms with van der Waals surface area (Å²) in [6, 6.07) is 6.65. The van der Waals surface area contributed by atoms with Crippen LogP contribution in [0.25, 0.3) is 0 Å². The van der Waals surface area contributed by atoms with Crippen LogP contribution in [0.5, 0.6) is 0 Å².